The number of hydrogen-bond acceptors (Lipinski definition) is 6. The lowest BCUT2D eigenvalue weighted by Crippen LogP contribution is -2.43. The molecule has 7 nitrogen and oxygen atoms in total. The van der Waals surface area contributed by atoms with Crippen molar-refractivity contribution in [2.24, 2.45) is 0 Å². The summed E-state index contributed by atoms with van der Waals surface area (Å²) in [5, 5.41) is 8.65. The summed E-state index contributed by atoms with van der Waals surface area (Å²) in [6.45, 7) is 2.87. The maximum atomic E-state index is 11.4. The Morgan fingerprint density at radius 1 is 1.25 bits per heavy atom. The van der Waals surface area contributed by atoms with E-state index in [9.17, 15) is 4.79 Å². The van der Waals surface area contributed by atoms with E-state index in [1.807, 2.05) is 35.2 Å². The minimum atomic E-state index is -0.537. The van der Waals surface area contributed by atoms with Crippen LogP contribution in [0.3, 0.4) is 0 Å². The average Bonchev–Trinajstić information content (AvgIpc) is 2.61. The van der Waals surface area contributed by atoms with Crippen molar-refractivity contribution in [3.8, 4) is 0 Å². The molecular weight excluding hydrogens is 326 g/mol. The fourth-order valence-electron chi connectivity index (χ4n) is 2.06. The van der Waals surface area contributed by atoms with Crippen LogP contribution in [0.2, 0.25) is 0 Å². The topological polar surface area (TPSA) is 89.5 Å². The zero-order valence-electron chi connectivity index (χ0n) is 13.2. The molecule has 4 N–H and O–H groups in total. The molecule has 0 aliphatic heterocycles. The standard InChI is InChI=1S/C16H19N5O2S/c1-12(24)19-18-11-21(15-4-2-3-9-17-15)10-13-5-7-14(8-6-13)16(22)20-23/h2-9,18,23H,10-11H2,1H3,(H,19,24)(H,20,22). The van der Waals surface area contributed by atoms with E-state index in [0.717, 1.165) is 11.4 Å². The molecule has 1 aromatic heterocycles. The Morgan fingerprint density at radius 2 is 2.00 bits per heavy atom. The van der Waals surface area contributed by atoms with Gasteiger partial charge in [-0.2, -0.15) is 0 Å². The normalized spacial score (nSPS) is 10.1. The van der Waals surface area contributed by atoms with Crippen LogP contribution in [0.15, 0.2) is 48.7 Å². The van der Waals surface area contributed by atoms with Gasteiger partial charge in [0.15, 0.2) is 0 Å². The summed E-state index contributed by atoms with van der Waals surface area (Å²) >= 11 is 4.98. The summed E-state index contributed by atoms with van der Waals surface area (Å²) in [5.41, 5.74) is 8.94. The van der Waals surface area contributed by atoms with Crippen LogP contribution in [0.4, 0.5) is 5.82 Å². The Bertz CT molecular complexity index is 679. The van der Waals surface area contributed by atoms with Crippen molar-refractivity contribution in [3.63, 3.8) is 0 Å². The third kappa shape index (κ3) is 5.27. The van der Waals surface area contributed by atoms with Crippen LogP contribution in [-0.2, 0) is 6.54 Å². The van der Waals surface area contributed by atoms with Gasteiger partial charge in [-0.3, -0.25) is 10.0 Å². The highest BCUT2D eigenvalue weighted by atomic mass is 32.1. The Labute approximate surface area is 145 Å². The highest BCUT2D eigenvalue weighted by molar-refractivity contribution is 7.80. The summed E-state index contributed by atoms with van der Waals surface area (Å²) < 4.78 is 0. The monoisotopic (exact) mass is 345 g/mol. The molecule has 24 heavy (non-hydrogen) atoms. The number of aromatic nitrogens is 1. The molecule has 0 saturated carbocycles. The first kappa shape index (κ1) is 17.8. The third-order valence-corrected chi connectivity index (χ3v) is 3.30. The first-order chi connectivity index (χ1) is 11.6. The Balaban J connectivity index is 2.09. The zero-order chi connectivity index (χ0) is 17.4. The highest BCUT2D eigenvalue weighted by Gasteiger charge is 2.09. The number of thiocarbonyl (C=S) groups is 1. The number of pyridine rings is 1. The van der Waals surface area contributed by atoms with Crippen molar-refractivity contribution in [1.82, 2.24) is 21.3 Å². The molecular formula is C16H19N5O2S. The van der Waals surface area contributed by atoms with Crippen LogP contribution in [0.5, 0.6) is 0 Å². The molecule has 1 heterocycles. The number of rotatable bonds is 7. The third-order valence-electron chi connectivity index (χ3n) is 3.20. The van der Waals surface area contributed by atoms with Gasteiger partial charge in [0.25, 0.3) is 5.91 Å². The molecule has 1 aromatic carbocycles. The number of nitrogens with zero attached hydrogens (tertiary/aromatic N) is 2. The van der Waals surface area contributed by atoms with Gasteiger partial charge in [0, 0.05) is 18.3 Å². The summed E-state index contributed by atoms with van der Waals surface area (Å²) in [5.74, 6) is 0.274. The van der Waals surface area contributed by atoms with E-state index in [1.165, 1.54) is 0 Å². The van der Waals surface area contributed by atoms with Gasteiger partial charge in [0.2, 0.25) is 0 Å². The van der Waals surface area contributed by atoms with Crippen LogP contribution in [0.25, 0.3) is 0 Å². The highest BCUT2D eigenvalue weighted by Crippen LogP contribution is 2.14. The molecule has 0 saturated heterocycles. The summed E-state index contributed by atoms with van der Waals surface area (Å²) in [7, 11) is 0. The second-order valence-corrected chi connectivity index (χ2v) is 5.65. The average molecular weight is 345 g/mol. The quantitative estimate of drug-likeness (QED) is 0.262. The first-order valence-corrected chi connectivity index (χ1v) is 7.70. The van der Waals surface area contributed by atoms with Crippen LogP contribution in [0.1, 0.15) is 22.8 Å². The van der Waals surface area contributed by atoms with Gasteiger partial charge < -0.3 is 10.3 Å². The number of amides is 1. The minimum absolute atomic E-state index is 0.391. The van der Waals surface area contributed by atoms with E-state index in [4.69, 9.17) is 17.4 Å². The van der Waals surface area contributed by atoms with Crippen molar-refractivity contribution in [2.75, 3.05) is 11.6 Å². The second-order valence-electron chi connectivity index (χ2n) is 5.04. The Kier molecular flexibility index (Phi) is 6.62. The number of anilines is 1. The van der Waals surface area contributed by atoms with Crippen LogP contribution in [-0.4, -0.2) is 27.8 Å². The predicted molar refractivity (Wildman–Crippen MR) is 95.5 cm³/mol. The molecule has 0 aliphatic rings. The molecule has 8 heteroatoms. The van der Waals surface area contributed by atoms with Crippen LogP contribution < -0.4 is 21.2 Å². The van der Waals surface area contributed by atoms with Crippen molar-refractivity contribution in [3.05, 3.63) is 59.8 Å². The first-order valence-electron chi connectivity index (χ1n) is 7.29. The summed E-state index contributed by atoms with van der Waals surface area (Å²) in [6.07, 6.45) is 1.73. The Morgan fingerprint density at radius 3 is 2.58 bits per heavy atom. The van der Waals surface area contributed by atoms with Crippen molar-refractivity contribution >= 4 is 28.9 Å². The zero-order valence-corrected chi connectivity index (χ0v) is 14.0. The summed E-state index contributed by atoms with van der Waals surface area (Å²) in [6, 6.07) is 12.7. The smallest absolute Gasteiger partial charge is 0.274 e. The van der Waals surface area contributed by atoms with E-state index in [0.29, 0.717) is 23.8 Å². The predicted octanol–water partition coefficient (Wildman–Crippen LogP) is 1.61. The number of hydrazine groups is 1. The van der Waals surface area contributed by atoms with E-state index in [-0.39, 0.29) is 0 Å². The lowest BCUT2D eigenvalue weighted by Gasteiger charge is -2.24. The van der Waals surface area contributed by atoms with E-state index < -0.39 is 5.91 Å². The molecule has 0 bridgehead atoms. The number of benzene rings is 1. The molecule has 0 unspecified atom stereocenters. The molecule has 1 amide bonds. The van der Waals surface area contributed by atoms with Gasteiger partial charge in [0.1, 0.15) is 5.82 Å². The number of nitrogens with one attached hydrogen (secondary N) is 3. The van der Waals surface area contributed by atoms with Gasteiger partial charge in [-0.1, -0.05) is 30.4 Å². The maximum absolute atomic E-state index is 11.4. The van der Waals surface area contributed by atoms with Gasteiger partial charge in [-0.15, -0.1) is 0 Å². The van der Waals surface area contributed by atoms with Crippen molar-refractivity contribution in [1.29, 1.82) is 0 Å². The van der Waals surface area contributed by atoms with Gasteiger partial charge >= 0.3 is 0 Å². The van der Waals surface area contributed by atoms with Crippen LogP contribution >= 0.6 is 12.2 Å². The van der Waals surface area contributed by atoms with Crippen molar-refractivity contribution in [2.45, 2.75) is 13.5 Å². The molecule has 0 spiro atoms. The van der Waals surface area contributed by atoms with E-state index in [2.05, 4.69) is 15.8 Å². The van der Waals surface area contributed by atoms with E-state index in [1.54, 1.807) is 30.7 Å². The lowest BCUT2D eigenvalue weighted by atomic mass is 10.1. The molecule has 0 aliphatic carbocycles. The van der Waals surface area contributed by atoms with Gasteiger partial charge in [-0.05, 0) is 36.8 Å². The lowest BCUT2D eigenvalue weighted by molar-refractivity contribution is 0.0706. The molecule has 0 radical (unpaired) electrons. The van der Waals surface area contributed by atoms with Crippen molar-refractivity contribution < 1.29 is 10.0 Å². The molecule has 126 valence electrons. The van der Waals surface area contributed by atoms with Gasteiger partial charge in [0.05, 0.1) is 11.7 Å². The number of hydroxylamine groups is 1. The number of carbonyl (C=O) groups excluding carboxylic acids is 1. The maximum Gasteiger partial charge on any atom is 0.274 e. The number of hydrogen-bond donors (Lipinski definition) is 4. The van der Waals surface area contributed by atoms with Gasteiger partial charge in [-0.25, -0.2) is 15.9 Å². The minimum Gasteiger partial charge on any atom is -0.338 e. The number of carbonyl (C=O) groups is 1. The molecule has 2 aromatic rings. The second kappa shape index (κ2) is 8.92. The molecule has 2 rings (SSSR count). The fraction of sp³-hybridized carbons (Fsp3) is 0.188. The fourth-order valence-corrected chi connectivity index (χ4v) is 2.14. The SMILES string of the molecule is CC(=S)NNCN(Cc1ccc(C(=O)NO)cc1)c1ccccn1. The largest absolute Gasteiger partial charge is 0.338 e. The summed E-state index contributed by atoms with van der Waals surface area (Å²) in [4.78, 5) is 18.4. The molecule has 0 atom stereocenters. The van der Waals surface area contributed by atoms with E-state index >= 15 is 0 Å². The van der Waals surface area contributed by atoms with Crippen LogP contribution in [0, 0.1) is 0 Å². The Hall–Kier alpha value is -2.55. The molecule has 0 fully saturated rings.